The first-order chi connectivity index (χ1) is 9.34. The number of amides is 1. The summed E-state index contributed by atoms with van der Waals surface area (Å²) in [7, 11) is -3.52. The molecule has 20 heavy (non-hydrogen) atoms. The Balaban J connectivity index is 2.65. The SMILES string of the molecule is CS(=O)(=O)c1ccc(-c2n[nH]nc2C(N)=O)cc1C#N. The van der Waals surface area contributed by atoms with Gasteiger partial charge in [-0.1, -0.05) is 6.07 Å². The van der Waals surface area contributed by atoms with Crippen LogP contribution in [0.15, 0.2) is 23.1 Å². The number of nitrogens with zero attached hydrogens (tertiary/aromatic N) is 3. The standard InChI is InChI=1S/C11H9N5O3S/c1-20(18,19)8-3-2-6(4-7(8)5-12)9-10(11(13)17)15-16-14-9/h2-4H,1H3,(H2,13,17)(H,14,15,16). The predicted molar refractivity (Wildman–Crippen MR) is 68.2 cm³/mol. The van der Waals surface area contributed by atoms with E-state index in [1.54, 1.807) is 6.07 Å². The van der Waals surface area contributed by atoms with E-state index in [4.69, 9.17) is 11.0 Å². The molecule has 0 aliphatic heterocycles. The Morgan fingerprint density at radius 1 is 1.40 bits per heavy atom. The molecule has 2 rings (SSSR count). The van der Waals surface area contributed by atoms with E-state index < -0.39 is 15.7 Å². The number of hydrogen-bond donors (Lipinski definition) is 2. The van der Waals surface area contributed by atoms with E-state index >= 15 is 0 Å². The molecule has 102 valence electrons. The summed E-state index contributed by atoms with van der Waals surface area (Å²) >= 11 is 0. The summed E-state index contributed by atoms with van der Waals surface area (Å²) in [5.41, 5.74) is 5.56. The minimum Gasteiger partial charge on any atom is -0.364 e. The number of aromatic amines is 1. The van der Waals surface area contributed by atoms with Gasteiger partial charge in [-0.25, -0.2) is 8.42 Å². The largest absolute Gasteiger partial charge is 0.364 e. The molecule has 0 saturated carbocycles. The van der Waals surface area contributed by atoms with Crippen LogP contribution in [0.1, 0.15) is 16.1 Å². The van der Waals surface area contributed by atoms with Crippen LogP contribution < -0.4 is 5.73 Å². The smallest absolute Gasteiger partial charge is 0.271 e. The van der Waals surface area contributed by atoms with Gasteiger partial charge >= 0.3 is 0 Å². The van der Waals surface area contributed by atoms with Gasteiger partial charge in [0.05, 0.1) is 10.5 Å². The molecule has 0 fully saturated rings. The molecule has 9 heteroatoms. The zero-order chi connectivity index (χ0) is 14.9. The zero-order valence-corrected chi connectivity index (χ0v) is 11.1. The van der Waals surface area contributed by atoms with E-state index in [0.29, 0.717) is 5.56 Å². The van der Waals surface area contributed by atoms with Gasteiger partial charge in [0.2, 0.25) is 0 Å². The van der Waals surface area contributed by atoms with Crippen LogP contribution in [0.3, 0.4) is 0 Å². The van der Waals surface area contributed by atoms with Crippen LogP contribution in [0.4, 0.5) is 0 Å². The number of carbonyl (C=O) groups excluding carboxylic acids is 1. The van der Waals surface area contributed by atoms with Crippen LogP contribution in [-0.4, -0.2) is 36.0 Å². The Kier molecular flexibility index (Phi) is 3.25. The lowest BCUT2D eigenvalue weighted by atomic mass is 10.1. The maximum absolute atomic E-state index is 11.5. The fourth-order valence-corrected chi connectivity index (χ4v) is 2.51. The molecule has 3 N–H and O–H groups in total. The van der Waals surface area contributed by atoms with Crippen LogP contribution >= 0.6 is 0 Å². The summed E-state index contributed by atoms with van der Waals surface area (Å²) in [6.07, 6.45) is 1.01. The van der Waals surface area contributed by atoms with Gasteiger partial charge in [0.1, 0.15) is 11.8 Å². The number of primary amides is 1. The van der Waals surface area contributed by atoms with Gasteiger partial charge in [-0.05, 0) is 12.1 Å². The Hall–Kier alpha value is -2.73. The van der Waals surface area contributed by atoms with E-state index in [1.807, 2.05) is 0 Å². The third kappa shape index (κ3) is 2.36. The number of benzene rings is 1. The molecule has 0 bridgehead atoms. The summed E-state index contributed by atoms with van der Waals surface area (Å²) in [6, 6.07) is 5.83. The van der Waals surface area contributed by atoms with Crippen molar-refractivity contribution in [2.45, 2.75) is 4.90 Å². The minimum absolute atomic E-state index is 0.0385. The fourth-order valence-electron chi connectivity index (χ4n) is 1.69. The van der Waals surface area contributed by atoms with Crippen molar-refractivity contribution in [2.24, 2.45) is 5.73 Å². The first-order valence-corrected chi connectivity index (χ1v) is 7.19. The maximum Gasteiger partial charge on any atom is 0.271 e. The lowest BCUT2D eigenvalue weighted by Crippen LogP contribution is -2.12. The van der Waals surface area contributed by atoms with Crippen LogP contribution in [-0.2, 0) is 9.84 Å². The molecular weight excluding hydrogens is 282 g/mol. The molecule has 1 aromatic carbocycles. The summed E-state index contributed by atoms with van der Waals surface area (Å²) in [4.78, 5) is 11.1. The monoisotopic (exact) mass is 291 g/mol. The number of sulfone groups is 1. The number of carbonyl (C=O) groups is 1. The third-order valence-electron chi connectivity index (χ3n) is 2.55. The first kappa shape index (κ1) is 13.7. The number of rotatable bonds is 3. The van der Waals surface area contributed by atoms with Crippen molar-refractivity contribution in [1.29, 1.82) is 5.26 Å². The average molecular weight is 291 g/mol. The van der Waals surface area contributed by atoms with Crippen molar-refractivity contribution in [3.05, 3.63) is 29.5 Å². The van der Waals surface area contributed by atoms with Crippen LogP contribution in [0.25, 0.3) is 11.3 Å². The van der Waals surface area contributed by atoms with Crippen molar-refractivity contribution in [1.82, 2.24) is 15.4 Å². The van der Waals surface area contributed by atoms with Gasteiger partial charge in [0, 0.05) is 11.8 Å². The van der Waals surface area contributed by atoms with Gasteiger partial charge in [-0.3, -0.25) is 4.79 Å². The number of nitrogens with two attached hydrogens (primary N) is 1. The second-order valence-corrected chi connectivity index (χ2v) is 5.96. The molecule has 1 aromatic heterocycles. The number of aromatic nitrogens is 3. The molecule has 0 saturated heterocycles. The van der Waals surface area contributed by atoms with E-state index in [1.165, 1.54) is 18.2 Å². The summed E-state index contributed by atoms with van der Waals surface area (Å²) < 4.78 is 23.1. The second-order valence-electron chi connectivity index (χ2n) is 3.98. The van der Waals surface area contributed by atoms with Crippen LogP contribution in [0.5, 0.6) is 0 Å². The highest BCUT2D eigenvalue weighted by atomic mass is 32.2. The third-order valence-corrected chi connectivity index (χ3v) is 3.71. The molecule has 0 aliphatic carbocycles. The first-order valence-electron chi connectivity index (χ1n) is 5.29. The normalized spacial score (nSPS) is 11.0. The number of nitriles is 1. The van der Waals surface area contributed by atoms with Gasteiger partial charge in [-0.2, -0.15) is 20.7 Å². The molecule has 2 aromatic rings. The number of hydrogen-bond acceptors (Lipinski definition) is 6. The Morgan fingerprint density at radius 2 is 2.10 bits per heavy atom. The molecule has 8 nitrogen and oxygen atoms in total. The zero-order valence-electron chi connectivity index (χ0n) is 10.3. The summed E-state index contributed by atoms with van der Waals surface area (Å²) in [5, 5.41) is 18.7. The highest BCUT2D eigenvalue weighted by molar-refractivity contribution is 7.90. The number of H-pyrrole nitrogens is 1. The lowest BCUT2D eigenvalue weighted by molar-refractivity contribution is 0.0996. The summed E-state index contributed by atoms with van der Waals surface area (Å²) in [6.45, 7) is 0. The highest BCUT2D eigenvalue weighted by Gasteiger charge is 2.19. The van der Waals surface area contributed by atoms with Gasteiger partial charge in [0.25, 0.3) is 5.91 Å². The minimum atomic E-state index is -3.52. The molecule has 0 radical (unpaired) electrons. The molecule has 0 unspecified atom stereocenters. The van der Waals surface area contributed by atoms with Gasteiger partial charge in [-0.15, -0.1) is 0 Å². The molecule has 0 atom stereocenters. The van der Waals surface area contributed by atoms with Crippen molar-refractivity contribution >= 4 is 15.7 Å². The average Bonchev–Trinajstić information content (AvgIpc) is 2.86. The Morgan fingerprint density at radius 3 is 2.65 bits per heavy atom. The van der Waals surface area contributed by atoms with E-state index in [0.717, 1.165) is 6.26 Å². The van der Waals surface area contributed by atoms with Crippen molar-refractivity contribution in [3.63, 3.8) is 0 Å². The summed E-state index contributed by atoms with van der Waals surface area (Å²) in [5.74, 6) is -0.778. The molecule has 1 heterocycles. The van der Waals surface area contributed by atoms with Gasteiger partial charge < -0.3 is 5.73 Å². The van der Waals surface area contributed by atoms with Crippen molar-refractivity contribution in [2.75, 3.05) is 6.26 Å². The van der Waals surface area contributed by atoms with Crippen LogP contribution in [0.2, 0.25) is 0 Å². The number of nitrogens with one attached hydrogen (secondary N) is 1. The lowest BCUT2D eigenvalue weighted by Gasteiger charge is -2.04. The molecular formula is C11H9N5O3S. The predicted octanol–water partition coefficient (Wildman–Crippen LogP) is -0.154. The quantitative estimate of drug-likeness (QED) is 0.804. The van der Waals surface area contributed by atoms with Gasteiger partial charge in [0.15, 0.2) is 15.5 Å². The van der Waals surface area contributed by atoms with Crippen molar-refractivity contribution < 1.29 is 13.2 Å². The van der Waals surface area contributed by atoms with E-state index in [2.05, 4.69) is 15.4 Å². The van der Waals surface area contributed by atoms with Crippen LogP contribution in [0, 0.1) is 11.3 Å². The topological polar surface area (TPSA) is 143 Å². The highest BCUT2D eigenvalue weighted by Crippen LogP contribution is 2.24. The Labute approximate surface area is 114 Å². The van der Waals surface area contributed by atoms with E-state index in [9.17, 15) is 13.2 Å². The molecule has 0 aliphatic rings. The molecule has 0 spiro atoms. The fraction of sp³-hybridized carbons (Fsp3) is 0.0909. The maximum atomic E-state index is 11.5. The van der Waals surface area contributed by atoms with E-state index in [-0.39, 0.29) is 21.8 Å². The second kappa shape index (κ2) is 4.75. The molecule has 1 amide bonds. The van der Waals surface area contributed by atoms with Crippen molar-refractivity contribution in [3.8, 4) is 17.3 Å². The Bertz CT molecular complexity index is 832.